The molecule has 0 spiro atoms. The maximum atomic E-state index is 6.48. The van der Waals surface area contributed by atoms with Crippen molar-refractivity contribution in [3.8, 4) is 5.75 Å². The quantitative estimate of drug-likeness (QED) is 0.654. The number of alkyl halides is 1. The SMILES string of the molecule is COc1ccc(C(Cl)CCC2CCCCC2)cc1. The molecule has 0 bridgehead atoms. The summed E-state index contributed by atoms with van der Waals surface area (Å²) in [4.78, 5) is 0. The minimum Gasteiger partial charge on any atom is -0.497 e. The molecule has 18 heavy (non-hydrogen) atoms. The lowest BCUT2D eigenvalue weighted by Gasteiger charge is -2.22. The molecule has 0 radical (unpaired) electrons. The van der Waals surface area contributed by atoms with E-state index in [0.717, 1.165) is 18.1 Å². The molecule has 2 rings (SSSR count). The van der Waals surface area contributed by atoms with Gasteiger partial charge in [0.2, 0.25) is 0 Å². The molecule has 1 aromatic carbocycles. The molecule has 1 atom stereocenters. The Labute approximate surface area is 115 Å². The fraction of sp³-hybridized carbons (Fsp3) is 0.625. The van der Waals surface area contributed by atoms with E-state index in [1.54, 1.807) is 7.11 Å². The van der Waals surface area contributed by atoms with Crippen molar-refractivity contribution in [2.45, 2.75) is 50.3 Å². The summed E-state index contributed by atoms with van der Waals surface area (Å²) >= 11 is 6.48. The molecule has 1 nitrogen and oxygen atoms in total. The molecule has 2 heteroatoms. The second kappa shape index (κ2) is 7.04. The van der Waals surface area contributed by atoms with Gasteiger partial charge in [-0.3, -0.25) is 0 Å². The van der Waals surface area contributed by atoms with Crippen LogP contribution >= 0.6 is 11.6 Å². The van der Waals surface area contributed by atoms with E-state index in [-0.39, 0.29) is 5.38 Å². The third kappa shape index (κ3) is 3.91. The minimum atomic E-state index is 0.151. The Kier molecular flexibility index (Phi) is 5.37. The van der Waals surface area contributed by atoms with E-state index in [4.69, 9.17) is 16.3 Å². The van der Waals surface area contributed by atoms with Gasteiger partial charge in [-0.15, -0.1) is 11.6 Å². The third-order valence-corrected chi connectivity index (χ3v) is 4.50. The normalized spacial score (nSPS) is 18.6. The summed E-state index contributed by atoms with van der Waals surface area (Å²) in [5, 5.41) is 0.151. The van der Waals surface area contributed by atoms with Gasteiger partial charge in [-0.25, -0.2) is 0 Å². The van der Waals surface area contributed by atoms with Gasteiger partial charge in [0.05, 0.1) is 12.5 Å². The number of rotatable bonds is 5. The minimum absolute atomic E-state index is 0.151. The largest absolute Gasteiger partial charge is 0.497 e. The number of halogens is 1. The Hall–Kier alpha value is -0.690. The van der Waals surface area contributed by atoms with E-state index in [0.29, 0.717) is 0 Å². The topological polar surface area (TPSA) is 9.23 Å². The van der Waals surface area contributed by atoms with Gasteiger partial charge < -0.3 is 4.74 Å². The van der Waals surface area contributed by atoms with Gasteiger partial charge in [0.15, 0.2) is 0 Å². The summed E-state index contributed by atoms with van der Waals surface area (Å²) in [7, 11) is 1.69. The maximum Gasteiger partial charge on any atom is 0.118 e. The molecule has 0 saturated heterocycles. The predicted molar refractivity (Wildman–Crippen MR) is 77.4 cm³/mol. The Morgan fingerprint density at radius 2 is 1.83 bits per heavy atom. The van der Waals surface area contributed by atoms with Crippen LogP contribution in [-0.2, 0) is 0 Å². The zero-order valence-electron chi connectivity index (χ0n) is 11.2. The van der Waals surface area contributed by atoms with Crippen molar-refractivity contribution >= 4 is 11.6 Å². The molecule has 1 saturated carbocycles. The average Bonchev–Trinajstić information content (AvgIpc) is 2.46. The molecular formula is C16H23ClO. The Bertz CT molecular complexity index is 341. The van der Waals surface area contributed by atoms with Gasteiger partial charge in [0, 0.05) is 0 Å². The number of hydrogen-bond acceptors (Lipinski definition) is 1. The first-order valence-corrected chi connectivity index (χ1v) is 7.51. The molecule has 1 aliphatic rings. The molecular weight excluding hydrogens is 244 g/mol. The molecule has 0 aliphatic heterocycles. The van der Waals surface area contributed by atoms with Crippen molar-refractivity contribution in [1.82, 2.24) is 0 Å². The van der Waals surface area contributed by atoms with E-state index in [1.165, 1.54) is 44.1 Å². The van der Waals surface area contributed by atoms with Crippen LogP contribution in [0, 0.1) is 5.92 Å². The van der Waals surface area contributed by atoms with E-state index in [9.17, 15) is 0 Å². The Balaban J connectivity index is 1.80. The highest BCUT2D eigenvalue weighted by Crippen LogP contribution is 2.33. The number of ether oxygens (including phenoxy) is 1. The van der Waals surface area contributed by atoms with E-state index >= 15 is 0 Å². The highest BCUT2D eigenvalue weighted by Gasteiger charge is 2.16. The molecule has 1 aliphatic carbocycles. The van der Waals surface area contributed by atoms with Crippen molar-refractivity contribution in [1.29, 1.82) is 0 Å². The summed E-state index contributed by atoms with van der Waals surface area (Å²) in [6.07, 6.45) is 9.46. The van der Waals surface area contributed by atoms with Crippen LogP contribution in [0.5, 0.6) is 5.75 Å². The summed E-state index contributed by atoms with van der Waals surface area (Å²) < 4.78 is 5.16. The molecule has 1 aromatic rings. The fourth-order valence-electron chi connectivity index (χ4n) is 2.84. The number of methoxy groups -OCH3 is 1. The monoisotopic (exact) mass is 266 g/mol. The van der Waals surface area contributed by atoms with Gasteiger partial charge in [-0.2, -0.15) is 0 Å². The van der Waals surface area contributed by atoms with Crippen LogP contribution in [0.25, 0.3) is 0 Å². The van der Waals surface area contributed by atoms with Crippen molar-refractivity contribution in [3.05, 3.63) is 29.8 Å². The second-order valence-corrected chi connectivity index (χ2v) is 5.85. The van der Waals surface area contributed by atoms with Crippen LogP contribution in [0.2, 0.25) is 0 Å². The first kappa shape index (κ1) is 13.7. The van der Waals surface area contributed by atoms with Gasteiger partial charge in [-0.05, 0) is 36.5 Å². The lowest BCUT2D eigenvalue weighted by Crippen LogP contribution is -2.07. The molecule has 0 amide bonds. The number of hydrogen-bond donors (Lipinski definition) is 0. The summed E-state index contributed by atoms with van der Waals surface area (Å²) in [6.45, 7) is 0. The van der Waals surface area contributed by atoms with E-state index in [1.807, 2.05) is 12.1 Å². The molecule has 100 valence electrons. The lowest BCUT2D eigenvalue weighted by molar-refractivity contribution is 0.331. The lowest BCUT2D eigenvalue weighted by atomic mass is 9.85. The van der Waals surface area contributed by atoms with E-state index < -0.39 is 0 Å². The summed E-state index contributed by atoms with van der Waals surface area (Å²) in [5.41, 5.74) is 1.22. The first-order valence-electron chi connectivity index (χ1n) is 7.07. The first-order chi connectivity index (χ1) is 8.79. The standard InChI is InChI=1S/C16H23ClO/c1-18-15-10-8-14(9-11-15)16(17)12-7-13-5-3-2-4-6-13/h8-11,13,16H,2-7,12H2,1H3. The molecule has 0 N–H and O–H groups in total. The zero-order chi connectivity index (χ0) is 12.8. The summed E-state index contributed by atoms with van der Waals surface area (Å²) in [5.74, 6) is 1.81. The van der Waals surface area contributed by atoms with Crippen molar-refractivity contribution in [3.63, 3.8) is 0 Å². The van der Waals surface area contributed by atoms with Crippen molar-refractivity contribution in [2.24, 2.45) is 5.92 Å². The Morgan fingerprint density at radius 3 is 2.44 bits per heavy atom. The number of benzene rings is 1. The molecule has 1 fully saturated rings. The van der Waals surface area contributed by atoms with Crippen LogP contribution in [0.1, 0.15) is 55.9 Å². The predicted octanol–water partition coefficient (Wildman–Crippen LogP) is 5.34. The van der Waals surface area contributed by atoms with Gasteiger partial charge in [0.1, 0.15) is 5.75 Å². The maximum absolute atomic E-state index is 6.48. The van der Waals surface area contributed by atoms with Crippen LogP contribution in [-0.4, -0.2) is 7.11 Å². The van der Waals surface area contributed by atoms with Crippen LogP contribution in [0.4, 0.5) is 0 Å². The fourth-order valence-corrected chi connectivity index (χ4v) is 3.11. The van der Waals surface area contributed by atoms with Crippen molar-refractivity contribution < 1.29 is 4.74 Å². The highest BCUT2D eigenvalue weighted by atomic mass is 35.5. The third-order valence-electron chi connectivity index (χ3n) is 4.03. The van der Waals surface area contributed by atoms with Crippen LogP contribution < -0.4 is 4.74 Å². The Morgan fingerprint density at radius 1 is 1.17 bits per heavy atom. The zero-order valence-corrected chi connectivity index (χ0v) is 12.0. The van der Waals surface area contributed by atoms with Gasteiger partial charge in [-0.1, -0.05) is 44.2 Å². The summed E-state index contributed by atoms with van der Waals surface area (Å²) in [6, 6.07) is 8.14. The second-order valence-electron chi connectivity index (χ2n) is 5.32. The van der Waals surface area contributed by atoms with E-state index in [2.05, 4.69) is 12.1 Å². The van der Waals surface area contributed by atoms with Crippen LogP contribution in [0.15, 0.2) is 24.3 Å². The smallest absolute Gasteiger partial charge is 0.118 e. The highest BCUT2D eigenvalue weighted by molar-refractivity contribution is 6.20. The van der Waals surface area contributed by atoms with Crippen molar-refractivity contribution in [2.75, 3.05) is 7.11 Å². The average molecular weight is 267 g/mol. The van der Waals surface area contributed by atoms with Gasteiger partial charge in [0.25, 0.3) is 0 Å². The molecule has 0 aromatic heterocycles. The van der Waals surface area contributed by atoms with Crippen LogP contribution in [0.3, 0.4) is 0 Å². The molecule has 0 heterocycles. The van der Waals surface area contributed by atoms with Gasteiger partial charge >= 0.3 is 0 Å². The molecule has 1 unspecified atom stereocenters.